The maximum Gasteiger partial charge on any atom is 0.223 e. The zero-order valence-electron chi connectivity index (χ0n) is 16.8. The van der Waals surface area contributed by atoms with Crippen molar-refractivity contribution in [3.63, 3.8) is 0 Å². The lowest BCUT2D eigenvalue weighted by Gasteiger charge is -2.26. The number of rotatable bonds is 9. The summed E-state index contributed by atoms with van der Waals surface area (Å²) in [5, 5.41) is 3.06. The number of hydrogen-bond acceptors (Lipinski definition) is 4. The van der Waals surface area contributed by atoms with E-state index in [2.05, 4.69) is 5.32 Å². The van der Waals surface area contributed by atoms with Crippen molar-refractivity contribution in [2.45, 2.75) is 70.1 Å². The van der Waals surface area contributed by atoms with Gasteiger partial charge in [-0.15, -0.1) is 0 Å². The number of nitrogens with zero attached hydrogens (tertiary/aromatic N) is 1. The van der Waals surface area contributed by atoms with E-state index >= 15 is 0 Å². The molecule has 1 saturated heterocycles. The first kappa shape index (κ1) is 20.6. The van der Waals surface area contributed by atoms with Crippen molar-refractivity contribution in [2.75, 3.05) is 20.3 Å². The summed E-state index contributed by atoms with van der Waals surface area (Å²) in [7, 11) is 1.64. The third-order valence-electron chi connectivity index (χ3n) is 5.62. The lowest BCUT2D eigenvalue weighted by molar-refractivity contribution is -0.135. The molecule has 2 amide bonds. The summed E-state index contributed by atoms with van der Waals surface area (Å²) < 4.78 is 10.9. The van der Waals surface area contributed by atoms with Crippen molar-refractivity contribution in [2.24, 2.45) is 0 Å². The Labute approximate surface area is 167 Å². The van der Waals surface area contributed by atoms with Crippen molar-refractivity contribution >= 4 is 11.8 Å². The van der Waals surface area contributed by atoms with Gasteiger partial charge in [-0.3, -0.25) is 9.59 Å². The minimum Gasteiger partial charge on any atom is -0.497 e. The third kappa shape index (κ3) is 6.23. The Balaban J connectivity index is 1.54. The molecule has 1 heterocycles. The topological polar surface area (TPSA) is 67.9 Å². The summed E-state index contributed by atoms with van der Waals surface area (Å²) in [6.45, 7) is 1.86. The fourth-order valence-electron chi connectivity index (χ4n) is 3.99. The molecule has 1 aromatic carbocycles. The van der Waals surface area contributed by atoms with Crippen LogP contribution in [0.3, 0.4) is 0 Å². The summed E-state index contributed by atoms with van der Waals surface area (Å²) in [5.74, 6) is 0.791. The minimum absolute atomic E-state index is 0.00731. The van der Waals surface area contributed by atoms with Gasteiger partial charge in [0, 0.05) is 38.6 Å². The molecule has 0 unspecified atom stereocenters. The first-order chi connectivity index (χ1) is 13.6. The number of nitrogens with one attached hydrogen (secondary N) is 1. The SMILES string of the molecule is COc1ccc(CN(C[C@H]2CCCO2)C(=O)CCC(=O)NC2CCCC2)cc1. The summed E-state index contributed by atoms with van der Waals surface area (Å²) in [6.07, 6.45) is 7.08. The van der Waals surface area contributed by atoms with Gasteiger partial charge in [0.25, 0.3) is 0 Å². The Hall–Kier alpha value is -2.08. The molecule has 154 valence electrons. The molecule has 2 fully saturated rings. The monoisotopic (exact) mass is 388 g/mol. The Kier molecular flexibility index (Phi) is 7.71. The molecule has 0 aromatic heterocycles. The number of amides is 2. The molecule has 6 heteroatoms. The van der Waals surface area contributed by atoms with Gasteiger partial charge in [0.15, 0.2) is 0 Å². The normalized spacial score (nSPS) is 19.5. The summed E-state index contributed by atoms with van der Waals surface area (Å²) in [4.78, 5) is 26.9. The van der Waals surface area contributed by atoms with Crippen LogP contribution in [0, 0.1) is 0 Å². The van der Waals surface area contributed by atoms with Crippen molar-refractivity contribution in [1.82, 2.24) is 10.2 Å². The standard InChI is InChI=1S/C22H32N2O4/c1-27-19-10-8-17(9-11-19)15-24(16-20-7-4-14-28-20)22(26)13-12-21(25)23-18-5-2-3-6-18/h8-11,18,20H,2-7,12-16H2,1H3,(H,23,25)/t20-/m1/s1. The van der Waals surface area contributed by atoms with E-state index in [0.29, 0.717) is 19.1 Å². The van der Waals surface area contributed by atoms with E-state index in [9.17, 15) is 9.59 Å². The van der Waals surface area contributed by atoms with Gasteiger partial charge in [0.2, 0.25) is 11.8 Å². The van der Waals surface area contributed by atoms with Crippen molar-refractivity contribution in [3.05, 3.63) is 29.8 Å². The predicted molar refractivity (Wildman–Crippen MR) is 107 cm³/mol. The Morgan fingerprint density at radius 1 is 1.11 bits per heavy atom. The van der Waals surface area contributed by atoms with Crippen LogP contribution in [0.5, 0.6) is 5.75 Å². The molecular formula is C22H32N2O4. The number of methoxy groups -OCH3 is 1. The molecule has 28 heavy (non-hydrogen) atoms. The fraction of sp³-hybridized carbons (Fsp3) is 0.636. The molecule has 0 radical (unpaired) electrons. The highest BCUT2D eigenvalue weighted by atomic mass is 16.5. The van der Waals surface area contributed by atoms with Crippen LogP contribution in [0.25, 0.3) is 0 Å². The van der Waals surface area contributed by atoms with Gasteiger partial charge in [-0.1, -0.05) is 25.0 Å². The Morgan fingerprint density at radius 2 is 1.86 bits per heavy atom. The van der Waals surface area contributed by atoms with Crippen molar-refractivity contribution in [3.8, 4) is 5.75 Å². The molecule has 1 atom stereocenters. The van der Waals surface area contributed by atoms with E-state index in [1.165, 1.54) is 12.8 Å². The maximum absolute atomic E-state index is 12.9. The molecule has 1 N–H and O–H groups in total. The van der Waals surface area contributed by atoms with Crippen LogP contribution >= 0.6 is 0 Å². The number of carbonyl (C=O) groups is 2. The van der Waals surface area contributed by atoms with Gasteiger partial charge in [0.05, 0.1) is 13.2 Å². The second-order valence-corrected chi connectivity index (χ2v) is 7.81. The minimum atomic E-state index is -0.0123. The molecule has 3 rings (SSSR count). The highest BCUT2D eigenvalue weighted by Gasteiger charge is 2.24. The van der Waals surface area contributed by atoms with Crippen LogP contribution in [-0.2, 0) is 20.9 Å². The lowest BCUT2D eigenvalue weighted by atomic mass is 10.1. The van der Waals surface area contributed by atoms with E-state index < -0.39 is 0 Å². The number of ether oxygens (including phenoxy) is 2. The van der Waals surface area contributed by atoms with Crippen LogP contribution < -0.4 is 10.1 Å². The fourth-order valence-corrected chi connectivity index (χ4v) is 3.99. The molecule has 1 aromatic rings. The van der Waals surface area contributed by atoms with Gasteiger partial charge in [-0.2, -0.15) is 0 Å². The maximum atomic E-state index is 12.9. The van der Waals surface area contributed by atoms with E-state index in [0.717, 1.165) is 43.6 Å². The van der Waals surface area contributed by atoms with Crippen molar-refractivity contribution < 1.29 is 19.1 Å². The second-order valence-electron chi connectivity index (χ2n) is 7.81. The lowest BCUT2D eigenvalue weighted by Crippen LogP contribution is -2.38. The molecule has 0 spiro atoms. The largest absolute Gasteiger partial charge is 0.497 e. The van der Waals surface area contributed by atoms with Gasteiger partial charge >= 0.3 is 0 Å². The van der Waals surface area contributed by atoms with E-state index in [-0.39, 0.29) is 30.8 Å². The van der Waals surface area contributed by atoms with Crippen LogP contribution in [0.4, 0.5) is 0 Å². The van der Waals surface area contributed by atoms with Crippen molar-refractivity contribution in [1.29, 1.82) is 0 Å². The first-order valence-corrected chi connectivity index (χ1v) is 10.5. The summed E-state index contributed by atoms with van der Waals surface area (Å²) in [5.41, 5.74) is 1.04. The number of benzene rings is 1. The molecule has 1 saturated carbocycles. The zero-order valence-corrected chi connectivity index (χ0v) is 16.8. The number of carbonyl (C=O) groups excluding carboxylic acids is 2. The van der Waals surface area contributed by atoms with Gasteiger partial charge in [-0.25, -0.2) is 0 Å². The van der Waals surface area contributed by atoms with E-state index in [1.807, 2.05) is 29.2 Å². The second kappa shape index (κ2) is 10.5. The third-order valence-corrected chi connectivity index (χ3v) is 5.62. The highest BCUT2D eigenvalue weighted by molar-refractivity contribution is 5.84. The summed E-state index contributed by atoms with van der Waals surface area (Å²) in [6, 6.07) is 8.05. The van der Waals surface area contributed by atoms with Gasteiger partial charge in [-0.05, 0) is 43.4 Å². The van der Waals surface area contributed by atoms with E-state index in [4.69, 9.17) is 9.47 Å². The predicted octanol–water partition coefficient (Wildman–Crippen LogP) is 3.04. The van der Waals surface area contributed by atoms with E-state index in [1.54, 1.807) is 7.11 Å². The molecule has 6 nitrogen and oxygen atoms in total. The summed E-state index contributed by atoms with van der Waals surface area (Å²) >= 11 is 0. The molecule has 1 aliphatic carbocycles. The average molecular weight is 389 g/mol. The molecule has 0 bridgehead atoms. The quantitative estimate of drug-likeness (QED) is 0.706. The Bertz CT molecular complexity index is 634. The molecule has 2 aliphatic rings. The Morgan fingerprint density at radius 3 is 2.50 bits per heavy atom. The van der Waals surface area contributed by atoms with Crippen LogP contribution in [0.15, 0.2) is 24.3 Å². The van der Waals surface area contributed by atoms with Crippen LogP contribution in [-0.4, -0.2) is 49.1 Å². The average Bonchev–Trinajstić information content (AvgIpc) is 3.40. The first-order valence-electron chi connectivity index (χ1n) is 10.5. The smallest absolute Gasteiger partial charge is 0.223 e. The van der Waals surface area contributed by atoms with Gasteiger partial charge in [0.1, 0.15) is 5.75 Å². The molecular weight excluding hydrogens is 356 g/mol. The molecule has 1 aliphatic heterocycles. The zero-order chi connectivity index (χ0) is 19.8. The van der Waals surface area contributed by atoms with Crippen LogP contribution in [0.2, 0.25) is 0 Å². The number of hydrogen-bond donors (Lipinski definition) is 1. The van der Waals surface area contributed by atoms with Gasteiger partial charge < -0.3 is 19.7 Å². The van der Waals surface area contributed by atoms with Crippen LogP contribution in [0.1, 0.15) is 56.9 Å². The highest BCUT2D eigenvalue weighted by Crippen LogP contribution is 2.19.